The van der Waals surface area contributed by atoms with E-state index in [9.17, 15) is 13.2 Å². The van der Waals surface area contributed by atoms with E-state index in [1.54, 1.807) is 6.08 Å². The Balaban J connectivity index is 2.07. The third kappa shape index (κ3) is 5.77. The molecular formula is C18H27N3O3S. The van der Waals surface area contributed by atoms with E-state index in [4.69, 9.17) is 0 Å². The molecule has 1 aliphatic heterocycles. The fourth-order valence-corrected chi connectivity index (χ4v) is 3.87. The van der Waals surface area contributed by atoms with E-state index in [0.29, 0.717) is 12.2 Å². The molecular weight excluding hydrogens is 338 g/mol. The highest BCUT2D eigenvalue weighted by Gasteiger charge is 2.19. The lowest BCUT2D eigenvalue weighted by Gasteiger charge is -2.29. The molecule has 7 heteroatoms. The molecule has 6 nitrogen and oxygen atoms in total. The van der Waals surface area contributed by atoms with Gasteiger partial charge in [-0.3, -0.25) is 9.10 Å². The number of carbonyl (C=O) groups is 1. The summed E-state index contributed by atoms with van der Waals surface area (Å²) in [6.45, 7) is 6.11. The Morgan fingerprint density at radius 3 is 2.44 bits per heavy atom. The predicted molar refractivity (Wildman–Crippen MR) is 103 cm³/mol. The first-order valence-corrected chi connectivity index (χ1v) is 10.5. The molecule has 1 aromatic carbocycles. The van der Waals surface area contributed by atoms with Crippen molar-refractivity contribution in [1.29, 1.82) is 0 Å². The normalized spacial score (nSPS) is 14.8. The summed E-state index contributed by atoms with van der Waals surface area (Å²) in [5.74, 6) is -0.196. The van der Waals surface area contributed by atoms with Gasteiger partial charge in [-0.25, -0.2) is 8.42 Å². The average molecular weight is 365 g/mol. The van der Waals surface area contributed by atoms with Crippen molar-refractivity contribution in [3.63, 3.8) is 0 Å². The minimum atomic E-state index is -3.45. The molecule has 0 atom stereocenters. The summed E-state index contributed by atoms with van der Waals surface area (Å²) in [5, 5.41) is 2.66. The highest BCUT2D eigenvalue weighted by atomic mass is 32.2. The van der Waals surface area contributed by atoms with Gasteiger partial charge in [-0.05, 0) is 43.5 Å². The summed E-state index contributed by atoms with van der Waals surface area (Å²) in [6, 6.07) is 7.53. The lowest BCUT2D eigenvalue weighted by atomic mass is 10.1. The monoisotopic (exact) mass is 365 g/mol. The molecule has 0 saturated carbocycles. The van der Waals surface area contributed by atoms with Gasteiger partial charge in [0.05, 0.1) is 11.9 Å². The Morgan fingerprint density at radius 2 is 1.88 bits per heavy atom. The lowest BCUT2D eigenvalue weighted by molar-refractivity contribution is -0.120. The molecule has 2 rings (SSSR count). The van der Waals surface area contributed by atoms with Crippen LogP contribution in [0.1, 0.15) is 25.7 Å². The van der Waals surface area contributed by atoms with Crippen molar-refractivity contribution in [3.8, 4) is 0 Å². The number of anilines is 2. The van der Waals surface area contributed by atoms with Gasteiger partial charge in [-0.1, -0.05) is 6.08 Å². The number of nitrogens with one attached hydrogen (secondary N) is 1. The molecule has 25 heavy (non-hydrogen) atoms. The van der Waals surface area contributed by atoms with Gasteiger partial charge in [0.25, 0.3) is 0 Å². The van der Waals surface area contributed by atoms with E-state index in [2.05, 4.69) is 16.8 Å². The van der Waals surface area contributed by atoms with Crippen LogP contribution in [0.15, 0.2) is 36.9 Å². The molecule has 1 amide bonds. The largest absolute Gasteiger partial charge is 0.372 e. The van der Waals surface area contributed by atoms with Crippen molar-refractivity contribution < 1.29 is 13.2 Å². The van der Waals surface area contributed by atoms with Crippen LogP contribution in [0.5, 0.6) is 0 Å². The van der Waals surface area contributed by atoms with Crippen LogP contribution in [0.3, 0.4) is 0 Å². The molecule has 0 aromatic heterocycles. The van der Waals surface area contributed by atoms with E-state index in [1.165, 1.54) is 23.6 Å². The molecule has 0 bridgehead atoms. The molecule has 1 fully saturated rings. The Morgan fingerprint density at radius 1 is 1.24 bits per heavy atom. The number of benzene rings is 1. The fraction of sp³-hybridized carbons (Fsp3) is 0.500. The number of amides is 1. The zero-order valence-corrected chi connectivity index (χ0v) is 15.6. The lowest BCUT2D eigenvalue weighted by Crippen LogP contribution is -2.34. The summed E-state index contributed by atoms with van der Waals surface area (Å²) < 4.78 is 25.5. The maximum Gasteiger partial charge on any atom is 0.232 e. The highest BCUT2D eigenvalue weighted by Crippen LogP contribution is 2.25. The Hall–Kier alpha value is -2.02. The predicted octanol–water partition coefficient (Wildman–Crippen LogP) is 2.14. The van der Waals surface area contributed by atoms with Crippen LogP contribution in [0.25, 0.3) is 0 Å². The summed E-state index contributed by atoms with van der Waals surface area (Å²) in [6.07, 6.45) is 6.51. The molecule has 1 N–H and O–H groups in total. The number of piperidine rings is 1. The summed E-state index contributed by atoms with van der Waals surface area (Å²) in [4.78, 5) is 14.1. The highest BCUT2D eigenvalue weighted by molar-refractivity contribution is 7.92. The van der Waals surface area contributed by atoms with E-state index < -0.39 is 10.0 Å². The van der Waals surface area contributed by atoms with Gasteiger partial charge in [-0.2, -0.15) is 0 Å². The Kier molecular flexibility index (Phi) is 6.87. The maximum atomic E-state index is 12.1. The van der Waals surface area contributed by atoms with E-state index in [1.807, 2.05) is 24.3 Å². The molecule has 0 radical (unpaired) electrons. The van der Waals surface area contributed by atoms with Gasteiger partial charge in [-0.15, -0.1) is 6.58 Å². The van der Waals surface area contributed by atoms with Crippen LogP contribution >= 0.6 is 0 Å². The summed E-state index contributed by atoms with van der Waals surface area (Å²) in [7, 11) is -3.45. The van der Waals surface area contributed by atoms with Crippen molar-refractivity contribution in [3.05, 3.63) is 36.9 Å². The first kappa shape index (κ1) is 19.3. The molecule has 0 aliphatic carbocycles. The minimum absolute atomic E-state index is 0.106. The second-order valence-electron chi connectivity index (χ2n) is 6.24. The molecule has 0 spiro atoms. The zero-order chi connectivity index (χ0) is 18.3. The van der Waals surface area contributed by atoms with Crippen LogP contribution in [0, 0.1) is 0 Å². The standard InChI is InChI=1S/C18H27N3O3S/c1-3-12-19-18(22)11-15-21(25(2,23)24)17-9-7-16(8-10-17)20-13-5-4-6-14-20/h3,7-10H,1,4-6,11-15H2,2H3,(H,19,22). The number of hydrogen-bond donors (Lipinski definition) is 1. The van der Waals surface area contributed by atoms with Gasteiger partial charge in [0, 0.05) is 38.3 Å². The SMILES string of the molecule is C=CCNC(=O)CCN(c1ccc(N2CCCCC2)cc1)S(C)(=O)=O. The van der Waals surface area contributed by atoms with Crippen LogP contribution < -0.4 is 14.5 Å². The molecule has 0 unspecified atom stereocenters. The molecule has 1 aliphatic rings. The Labute approximate surface area is 150 Å². The van der Waals surface area contributed by atoms with Crippen molar-refractivity contribution >= 4 is 27.3 Å². The molecule has 1 heterocycles. The zero-order valence-electron chi connectivity index (χ0n) is 14.8. The number of sulfonamides is 1. The Bertz CT molecular complexity index is 680. The first-order chi connectivity index (χ1) is 11.9. The van der Waals surface area contributed by atoms with Gasteiger partial charge < -0.3 is 10.2 Å². The molecule has 1 saturated heterocycles. The van der Waals surface area contributed by atoms with E-state index >= 15 is 0 Å². The van der Waals surface area contributed by atoms with Crippen LogP contribution in [0.2, 0.25) is 0 Å². The second-order valence-corrected chi connectivity index (χ2v) is 8.15. The first-order valence-electron chi connectivity index (χ1n) is 8.62. The summed E-state index contributed by atoms with van der Waals surface area (Å²) in [5.41, 5.74) is 1.69. The van der Waals surface area contributed by atoms with Gasteiger partial charge in [0.15, 0.2) is 0 Å². The van der Waals surface area contributed by atoms with Crippen molar-refractivity contribution in [2.24, 2.45) is 0 Å². The maximum absolute atomic E-state index is 12.1. The van der Waals surface area contributed by atoms with Crippen LogP contribution in [-0.4, -0.2) is 46.8 Å². The van der Waals surface area contributed by atoms with Gasteiger partial charge in [0.2, 0.25) is 15.9 Å². The topological polar surface area (TPSA) is 69.7 Å². The molecule has 1 aromatic rings. The smallest absolute Gasteiger partial charge is 0.232 e. The summed E-state index contributed by atoms with van der Waals surface area (Å²) >= 11 is 0. The quantitative estimate of drug-likeness (QED) is 0.717. The molecule has 138 valence electrons. The second kappa shape index (κ2) is 8.89. The van der Waals surface area contributed by atoms with Gasteiger partial charge >= 0.3 is 0 Å². The van der Waals surface area contributed by atoms with Crippen molar-refractivity contribution in [1.82, 2.24) is 5.32 Å². The number of carbonyl (C=O) groups excluding carboxylic acids is 1. The average Bonchev–Trinajstić information content (AvgIpc) is 2.60. The van der Waals surface area contributed by atoms with Crippen molar-refractivity contribution in [2.45, 2.75) is 25.7 Å². The third-order valence-electron chi connectivity index (χ3n) is 4.24. The fourth-order valence-electron chi connectivity index (χ4n) is 2.95. The minimum Gasteiger partial charge on any atom is -0.372 e. The number of rotatable bonds is 8. The van der Waals surface area contributed by atoms with Gasteiger partial charge in [0.1, 0.15) is 0 Å². The van der Waals surface area contributed by atoms with E-state index in [0.717, 1.165) is 25.0 Å². The van der Waals surface area contributed by atoms with E-state index in [-0.39, 0.29) is 18.9 Å². The van der Waals surface area contributed by atoms with Crippen LogP contribution in [-0.2, 0) is 14.8 Å². The number of nitrogens with zero attached hydrogens (tertiary/aromatic N) is 2. The number of hydrogen-bond acceptors (Lipinski definition) is 4. The van der Waals surface area contributed by atoms with Crippen LogP contribution in [0.4, 0.5) is 11.4 Å². The third-order valence-corrected chi connectivity index (χ3v) is 5.44. The van der Waals surface area contributed by atoms with Crippen molar-refractivity contribution in [2.75, 3.05) is 41.6 Å².